The van der Waals surface area contributed by atoms with Crippen molar-refractivity contribution in [3.63, 3.8) is 0 Å². The molecule has 0 spiro atoms. The van der Waals surface area contributed by atoms with Gasteiger partial charge in [-0.25, -0.2) is 4.98 Å². The van der Waals surface area contributed by atoms with Crippen LogP contribution in [0.1, 0.15) is 61.6 Å². The third kappa shape index (κ3) is 4.79. The second kappa shape index (κ2) is 10.5. The number of likely N-dealkylation sites (tertiary alicyclic amines) is 1. The van der Waals surface area contributed by atoms with E-state index in [1.54, 1.807) is 11.3 Å². The van der Waals surface area contributed by atoms with Crippen LogP contribution in [-0.4, -0.2) is 47.5 Å². The van der Waals surface area contributed by atoms with Gasteiger partial charge < -0.3 is 15.0 Å². The zero-order valence-corrected chi connectivity index (χ0v) is 22.3. The van der Waals surface area contributed by atoms with E-state index in [4.69, 9.17) is 9.72 Å². The zero-order valence-electron chi connectivity index (χ0n) is 21.4. The third-order valence-corrected chi connectivity index (χ3v) is 9.48. The molecule has 0 radical (unpaired) electrons. The molecular formula is C30H35N3O3S. The first-order valence-electron chi connectivity index (χ1n) is 13.7. The minimum atomic E-state index is -0.474. The Bertz CT molecular complexity index is 1290. The molecule has 1 N–H and O–H groups in total. The van der Waals surface area contributed by atoms with E-state index in [0.29, 0.717) is 19.8 Å². The standard InChI is InChI=1S/C30H35N3O3S/c1-19-11-12-24(23-9-3-2-8-22(19)23)25-18-37-29(31-25)26-10-5-15-33(26)30(35)27(20-13-16-36-17-14-20)32-28(34)21-6-4-7-21/h2-3,8-9,11-12,18,20-21,26-27H,4-7,10,13-17H2,1H3,(H,32,34)/t26-,27-/m0/s1. The number of hydrogen-bond donors (Lipinski definition) is 1. The van der Waals surface area contributed by atoms with E-state index in [0.717, 1.165) is 61.2 Å². The number of amides is 2. The Labute approximate surface area is 222 Å². The van der Waals surface area contributed by atoms with Crippen LogP contribution in [0.4, 0.5) is 0 Å². The number of thiazole rings is 1. The summed E-state index contributed by atoms with van der Waals surface area (Å²) in [5.41, 5.74) is 3.35. The monoisotopic (exact) mass is 517 g/mol. The van der Waals surface area contributed by atoms with Gasteiger partial charge >= 0.3 is 0 Å². The van der Waals surface area contributed by atoms with Crippen molar-refractivity contribution in [2.45, 2.75) is 64.0 Å². The molecule has 1 aliphatic carbocycles. The molecule has 194 valence electrons. The fourth-order valence-electron chi connectivity index (χ4n) is 6.08. The van der Waals surface area contributed by atoms with Crippen molar-refractivity contribution in [1.82, 2.24) is 15.2 Å². The van der Waals surface area contributed by atoms with Crippen LogP contribution in [0.3, 0.4) is 0 Å². The van der Waals surface area contributed by atoms with Gasteiger partial charge in [-0.05, 0) is 67.7 Å². The molecule has 3 aliphatic rings. The van der Waals surface area contributed by atoms with Gasteiger partial charge in [0.2, 0.25) is 11.8 Å². The first-order chi connectivity index (χ1) is 18.1. The fourth-order valence-corrected chi connectivity index (χ4v) is 7.04. The largest absolute Gasteiger partial charge is 0.381 e. The van der Waals surface area contributed by atoms with Crippen molar-refractivity contribution >= 4 is 33.9 Å². The van der Waals surface area contributed by atoms with E-state index in [9.17, 15) is 9.59 Å². The van der Waals surface area contributed by atoms with Crippen LogP contribution in [0.5, 0.6) is 0 Å². The van der Waals surface area contributed by atoms with E-state index in [2.05, 4.69) is 54.0 Å². The normalized spacial score (nSPS) is 21.6. The van der Waals surface area contributed by atoms with Gasteiger partial charge in [0.25, 0.3) is 0 Å². The minimum Gasteiger partial charge on any atom is -0.381 e. The highest BCUT2D eigenvalue weighted by Crippen LogP contribution is 2.39. The molecule has 2 saturated heterocycles. The summed E-state index contributed by atoms with van der Waals surface area (Å²) in [5, 5.41) is 8.76. The van der Waals surface area contributed by atoms with Crippen LogP contribution in [-0.2, 0) is 14.3 Å². The van der Waals surface area contributed by atoms with Crippen molar-refractivity contribution in [2.24, 2.45) is 11.8 Å². The lowest BCUT2D eigenvalue weighted by molar-refractivity contribution is -0.141. The van der Waals surface area contributed by atoms with Crippen molar-refractivity contribution in [1.29, 1.82) is 0 Å². The summed E-state index contributed by atoms with van der Waals surface area (Å²) >= 11 is 1.64. The number of benzene rings is 2. The molecule has 1 aromatic heterocycles. The first-order valence-corrected chi connectivity index (χ1v) is 14.6. The number of nitrogens with one attached hydrogen (secondary N) is 1. The Kier molecular flexibility index (Phi) is 7.00. The van der Waals surface area contributed by atoms with Crippen LogP contribution < -0.4 is 5.32 Å². The first kappa shape index (κ1) is 24.6. The molecule has 37 heavy (non-hydrogen) atoms. The van der Waals surface area contributed by atoms with Crippen LogP contribution in [0.2, 0.25) is 0 Å². The number of hydrogen-bond acceptors (Lipinski definition) is 5. The van der Waals surface area contributed by atoms with Gasteiger partial charge in [0.1, 0.15) is 11.0 Å². The van der Waals surface area contributed by atoms with E-state index < -0.39 is 6.04 Å². The molecule has 3 heterocycles. The van der Waals surface area contributed by atoms with Crippen molar-refractivity contribution in [3.8, 4) is 11.3 Å². The molecule has 7 heteroatoms. The van der Waals surface area contributed by atoms with Gasteiger partial charge in [0, 0.05) is 36.6 Å². The Morgan fingerprint density at radius 3 is 2.57 bits per heavy atom. The molecule has 3 fully saturated rings. The Balaban J connectivity index is 1.26. The molecule has 2 amide bonds. The number of fused-ring (bicyclic) bond motifs is 1. The summed E-state index contributed by atoms with van der Waals surface area (Å²) in [6, 6.07) is 12.3. The second-order valence-corrected chi connectivity index (χ2v) is 11.7. The lowest BCUT2D eigenvalue weighted by Crippen LogP contribution is -2.54. The van der Waals surface area contributed by atoms with E-state index in [1.807, 2.05) is 4.90 Å². The van der Waals surface area contributed by atoms with Gasteiger partial charge in [0.05, 0.1) is 11.7 Å². The molecule has 2 atom stereocenters. The maximum Gasteiger partial charge on any atom is 0.246 e. The quantitative estimate of drug-likeness (QED) is 0.459. The summed E-state index contributed by atoms with van der Waals surface area (Å²) < 4.78 is 5.57. The summed E-state index contributed by atoms with van der Waals surface area (Å²) in [7, 11) is 0. The summed E-state index contributed by atoms with van der Waals surface area (Å²) in [4.78, 5) is 34.0. The van der Waals surface area contributed by atoms with Crippen molar-refractivity contribution in [3.05, 3.63) is 52.3 Å². The third-order valence-electron chi connectivity index (χ3n) is 8.54. The minimum absolute atomic E-state index is 0.0362. The molecule has 1 saturated carbocycles. The van der Waals surface area contributed by atoms with Crippen molar-refractivity contribution < 1.29 is 14.3 Å². The van der Waals surface area contributed by atoms with Gasteiger partial charge in [-0.15, -0.1) is 11.3 Å². The number of carbonyl (C=O) groups excluding carboxylic acids is 2. The molecule has 3 aromatic rings. The number of aryl methyl sites for hydroxylation is 1. The SMILES string of the molecule is Cc1ccc(-c2csc([C@@H]3CCCN3C(=O)[C@@H](NC(=O)C3CCC3)C3CCOCC3)n2)c2ccccc12. The number of ether oxygens (including phenoxy) is 1. The fraction of sp³-hybridized carbons (Fsp3) is 0.500. The molecule has 0 bridgehead atoms. The van der Waals surface area contributed by atoms with Gasteiger partial charge in [-0.3, -0.25) is 9.59 Å². The number of nitrogens with zero attached hydrogens (tertiary/aromatic N) is 2. The summed E-state index contributed by atoms with van der Waals surface area (Å²) in [6.45, 7) is 4.15. The van der Waals surface area contributed by atoms with E-state index in [-0.39, 0.29) is 29.7 Å². The highest BCUT2D eigenvalue weighted by atomic mass is 32.1. The molecular weight excluding hydrogens is 482 g/mol. The van der Waals surface area contributed by atoms with Crippen LogP contribution in [0.15, 0.2) is 41.8 Å². The van der Waals surface area contributed by atoms with E-state index in [1.165, 1.54) is 16.3 Å². The Hall–Kier alpha value is -2.77. The molecule has 6 nitrogen and oxygen atoms in total. The summed E-state index contributed by atoms with van der Waals surface area (Å²) in [5.74, 6) is 0.293. The molecule has 6 rings (SSSR count). The predicted octanol–water partition coefficient (Wildman–Crippen LogP) is 5.65. The molecule has 0 unspecified atom stereocenters. The Morgan fingerprint density at radius 1 is 1.03 bits per heavy atom. The van der Waals surface area contributed by atoms with E-state index >= 15 is 0 Å². The lowest BCUT2D eigenvalue weighted by Gasteiger charge is -2.36. The van der Waals surface area contributed by atoms with Crippen molar-refractivity contribution in [2.75, 3.05) is 19.8 Å². The van der Waals surface area contributed by atoms with Gasteiger partial charge in [-0.1, -0.05) is 42.8 Å². The number of carbonyl (C=O) groups is 2. The van der Waals surface area contributed by atoms with Crippen LogP contribution in [0.25, 0.3) is 22.0 Å². The number of rotatable bonds is 6. The molecule has 2 aromatic carbocycles. The topological polar surface area (TPSA) is 71.5 Å². The average Bonchev–Trinajstić information content (AvgIpc) is 3.57. The smallest absolute Gasteiger partial charge is 0.246 e. The maximum atomic E-state index is 14.0. The van der Waals surface area contributed by atoms with Crippen LogP contribution in [0, 0.1) is 18.8 Å². The van der Waals surface area contributed by atoms with Gasteiger partial charge in [-0.2, -0.15) is 0 Å². The maximum absolute atomic E-state index is 14.0. The highest BCUT2D eigenvalue weighted by molar-refractivity contribution is 7.10. The molecule has 2 aliphatic heterocycles. The summed E-state index contributed by atoms with van der Waals surface area (Å²) in [6.07, 6.45) is 6.44. The number of aromatic nitrogens is 1. The van der Waals surface area contributed by atoms with Crippen LogP contribution >= 0.6 is 11.3 Å². The Morgan fingerprint density at radius 2 is 1.81 bits per heavy atom. The predicted molar refractivity (Wildman–Crippen MR) is 146 cm³/mol. The lowest BCUT2D eigenvalue weighted by atomic mass is 9.83. The zero-order chi connectivity index (χ0) is 25.4. The second-order valence-electron chi connectivity index (χ2n) is 10.8. The average molecular weight is 518 g/mol. The van der Waals surface area contributed by atoms with Gasteiger partial charge in [0.15, 0.2) is 0 Å². The highest BCUT2D eigenvalue weighted by Gasteiger charge is 2.41.